The first-order chi connectivity index (χ1) is 16.2. The average molecular weight is 489 g/mol. The molecule has 6 heteroatoms. The maximum absolute atomic E-state index is 7.06. The van der Waals surface area contributed by atoms with E-state index in [4.69, 9.17) is 23.8 Å². The van der Waals surface area contributed by atoms with Crippen LogP contribution in [0.15, 0.2) is 66.9 Å². The number of anilines is 2. The number of nitrogens with zero attached hydrogens (tertiary/aromatic N) is 3. The second kappa shape index (κ2) is 8.40. The molecule has 4 nitrogen and oxygen atoms in total. The third-order valence-corrected chi connectivity index (χ3v) is 7.71. The Kier molecular flexibility index (Phi) is 5.65. The summed E-state index contributed by atoms with van der Waals surface area (Å²) in [5, 5.41) is 4.93. The minimum Gasteiger partial charge on any atom is -0.365 e. The highest BCUT2D eigenvalue weighted by Crippen LogP contribution is 2.47. The van der Waals surface area contributed by atoms with Crippen LogP contribution in [0.3, 0.4) is 0 Å². The van der Waals surface area contributed by atoms with E-state index < -0.39 is 0 Å². The zero-order chi connectivity index (χ0) is 24.2. The van der Waals surface area contributed by atoms with Crippen molar-refractivity contribution in [3.8, 4) is 0 Å². The Morgan fingerprint density at radius 3 is 2.47 bits per heavy atom. The highest BCUT2D eigenvalue weighted by atomic mass is 35.5. The lowest BCUT2D eigenvalue weighted by atomic mass is 9.86. The van der Waals surface area contributed by atoms with Gasteiger partial charge in [-0.1, -0.05) is 41.4 Å². The van der Waals surface area contributed by atoms with Crippen molar-refractivity contribution >= 4 is 45.9 Å². The van der Waals surface area contributed by atoms with E-state index in [0.717, 1.165) is 27.7 Å². The van der Waals surface area contributed by atoms with Crippen LogP contribution < -0.4 is 15.1 Å². The van der Waals surface area contributed by atoms with Gasteiger partial charge in [-0.15, -0.1) is 0 Å². The molecule has 1 fully saturated rings. The Morgan fingerprint density at radius 2 is 1.79 bits per heavy atom. The Hall–Kier alpha value is -2.89. The lowest BCUT2D eigenvalue weighted by Crippen LogP contribution is -2.42. The van der Waals surface area contributed by atoms with Crippen molar-refractivity contribution in [2.24, 2.45) is 0 Å². The first-order valence-electron chi connectivity index (χ1n) is 11.5. The first kappa shape index (κ1) is 22.9. The lowest BCUT2D eigenvalue weighted by Gasteiger charge is -2.41. The summed E-state index contributed by atoms with van der Waals surface area (Å²) in [7, 11) is 2.12. The van der Waals surface area contributed by atoms with E-state index in [1.165, 1.54) is 16.7 Å². The van der Waals surface area contributed by atoms with Gasteiger partial charge in [0.25, 0.3) is 0 Å². The summed E-state index contributed by atoms with van der Waals surface area (Å²) < 4.78 is 0. The zero-order valence-electron chi connectivity index (χ0n) is 20.1. The molecule has 3 aromatic rings. The van der Waals surface area contributed by atoms with Crippen molar-refractivity contribution in [2.45, 2.75) is 45.3 Å². The van der Waals surface area contributed by atoms with E-state index in [-0.39, 0.29) is 17.6 Å². The Balaban J connectivity index is 1.70. The number of thiocarbonyl (C=S) groups is 1. The number of benzene rings is 2. The Labute approximate surface area is 212 Å². The van der Waals surface area contributed by atoms with Gasteiger partial charge in [-0.3, -0.25) is 4.98 Å². The number of aromatic nitrogens is 1. The summed E-state index contributed by atoms with van der Waals surface area (Å²) in [6.07, 6.45) is 4.14. The number of allylic oxidation sites excluding steroid dienone is 1. The molecule has 0 unspecified atom stereocenters. The summed E-state index contributed by atoms with van der Waals surface area (Å²) in [6, 6.07) is 18.5. The van der Waals surface area contributed by atoms with Crippen molar-refractivity contribution < 1.29 is 0 Å². The van der Waals surface area contributed by atoms with Crippen LogP contribution in [0.1, 0.15) is 55.2 Å². The third kappa shape index (κ3) is 3.77. The van der Waals surface area contributed by atoms with Crippen LogP contribution in [-0.2, 0) is 0 Å². The number of likely N-dealkylation sites (N-methyl/N-ethyl adjacent to an activating group) is 1. The molecule has 2 aliphatic heterocycles. The lowest BCUT2D eigenvalue weighted by molar-refractivity contribution is 0.567. The Morgan fingerprint density at radius 1 is 1.06 bits per heavy atom. The molecule has 2 aromatic carbocycles. The maximum atomic E-state index is 7.06. The largest absolute Gasteiger partial charge is 0.365 e. The SMILES string of the molecule is CC1=CC(C)(C)N(C)c2cc(Cl)c([C@H]3[C@@H](c4ccccn4)NC(=S)N3c3ccc(C)cc3)cc21. The standard InChI is InChI=1S/C28H29ClN4S/c1-17-9-11-19(12-10-17)33-26(25(31-27(33)34)23-8-6-7-13-30-23)21-14-20-18(2)16-28(3,4)32(5)24(20)15-22(21)29/h6-16,25-26H,1-5H3,(H,31,34)/t25-,26+/m1/s1. The average Bonchev–Trinajstić information content (AvgIpc) is 3.15. The van der Waals surface area contributed by atoms with Crippen LogP contribution in [0.25, 0.3) is 5.57 Å². The number of fused-ring (bicyclic) bond motifs is 1. The summed E-state index contributed by atoms with van der Waals surface area (Å²) in [6.45, 7) is 8.70. The maximum Gasteiger partial charge on any atom is 0.174 e. The molecule has 34 heavy (non-hydrogen) atoms. The molecule has 0 aliphatic carbocycles. The van der Waals surface area contributed by atoms with Gasteiger partial charge in [-0.05, 0) is 87.4 Å². The predicted octanol–water partition coefficient (Wildman–Crippen LogP) is 6.85. The number of pyridine rings is 1. The van der Waals surface area contributed by atoms with Gasteiger partial charge in [-0.25, -0.2) is 0 Å². The normalized spacial score (nSPS) is 21.2. The Bertz CT molecular complexity index is 1280. The van der Waals surface area contributed by atoms with E-state index in [1.807, 2.05) is 24.4 Å². The summed E-state index contributed by atoms with van der Waals surface area (Å²) in [5.41, 5.74) is 7.72. The van der Waals surface area contributed by atoms with E-state index in [1.54, 1.807) is 0 Å². The number of aryl methyl sites for hydroxylation is 1. The second-order valence-electron chi connectivity index (χ2n) is 9.76. The monoisotopic (exact) mass is 488 g/mol. The fourth-order valence-corrected chi connectivity index (χ4v) is 5.68. The fourth-order valence-electron chi connectivity index (χ4n) is 5.07. The summed E-state index contributed by atoms with van der Waals surface area (Å²) in [4.78, 5) is 9.13. The number of halogens is 1. The molecule has 0 radical (unpaired) electrons. The molecule has 3 heterocycles. The molecule has 0 bridgehead atoms. The van der Waals surface area contributed by atoms with Gasteiger partial charge in [0, 0.05) is 35.2 Å². The van der Waals surface area contributed by atoms with Gasteiger partial charge in [-0.2, -0.15) is 0 Å². The molecule has 0 amide bonds. The van der Waals surface area contributed by atoms with E-state index in [9.17, 15) is 0 Å². The molecule has 0 spiro atoms. The predicted molar refractivity (Wildman–Crippen MR) is 147 cm³/mol. The van der Waals surface area contributed by atoms with Crippen LogP contribution in [0.4, 0.5) is 11.4 Å². The van der Waals surface area contributed by atoms with Crippen molar-refractivity contribution in [1.29, 1.82) is 0 Å². The molecule has 1 aromatic heterocycles. The van der Waals surface area contributed by atoms with Crippen molar-refractivity contribution in [3.05, 3.63) is 94.3 Å². The van der Waals surface area contributed by atoms with Crippen LogP contribution in [-0.4, -0.2) is 22.7 Å². The topological polar surface area (TPSA) is 31.4 Å². The van der Waals surface area contributed by atoms with E-state index in [0.29, 0.717) is 5.11 Å². The number of hydrogen-bond acceptors (Lipinski definition) is 3. The van der Waals surface area contributed by atoms with Crippen molar-refractivity contribution in [2.75, 3.05) is 16.8 Å². The summed E-state index contributed by atoms with van der Waals surface area (Å²) in [5.74, 6) is 0. The second-order valence-corrected chi connectivity index (χ2v) is 10.6. The van der Waals surface area contributed by atoms with Gasteiger partial charge < -0.3 is 15.1 Å². The first-order valence-corrected chi connectivity index (χ1v) is 12.3. The van der Waals surface area contributed by atoms with Gasteiger partial charge in [0.1, 0.15) is 0 Å². The quantitative estimate of drug-likeness (QED) is 0.407. The molecule has 1 N–H and O–H groups in total. The molecule has 5 rings (SSSR count). The van der Waals surface area contributed by atoms with Gasteiger partial charge in [0.15, 0.2) is 5.11 Å². The molecular weight excluding hydrogens is 460 g/mol. The van der Waals surface area contributed by atoms with Gasteiger partial charge in [0.2, 0.25) is 0 Å². The number of nitrogens with one attached hydrogen (secondary N) is 1. The minimum atomic E-state index is -0.143. The van der Waals surface area contributed by atoms with Crippen LogP contribution >= 0.6 is 23.8 Å². The summed E-state index contributed by atoms with van der Waals surface area (Å²) >= 11 is 12.9. The van der Waals surface area contributed by atoms with Gasteiger partial charge in [0.05, 0.1) is 23.3 Å². The molecule has 0 saturated carbocycles. The highest BCUT2D eigenvalue weighted by molar-refractivity contribution is 7.80. The van der Waals surface area contributed by atoms with E-state index in [2.05, 4.69) is 97.3 Å². The molecular formula is C28H29ClN4S. The van der Waals surface area contributed by atoms with Crippen LogP contribution in [0.2, 0.25) is 5.02 Å². The van der Waals surface area contributed by atoms with Crippen LogP contribution in [0.5, 0.6) is 0 Å². The highest BCUT2D eigenvalue weighted by Gasteiger charge is 2.42. The van der Waals surface area contributed by atoms with Crippen molar-refractivity contribution in [1.82, 2.24) is 10.3 Å². The third-order valence-electron chi connectivity index (χ3n) is 7.06. The molecule has 2 aliphatic rings. The van der Waals surface area contributed by atoms with Crippen LogP contribution in [0, 0.1) is 6.92 Å². The van der Waals surface area contributed by atoms with Gasteiger partial charge >= 0.3 is 0 Å². The minimum absolute atomic E-state index is 0.0805. The molecule has 2 atom stereocenters. The molecule has 174 valence electrons. The smallest absolute Gasteiger partial charge is 0.174 e. The molecule has 1 saturated heterocycles. The van der Waals surface area contributed by atoms with E-state index >= 15 is 0 Å². The zero-order valence-corrected chi connectivity index (χ0v) is 21.7. The fraction of sp³-hybridized carbons (Fsp3) is 0.286. The number of hydrogen-bond donors (Lipinski definition) is 1. The number of rotatable bonds is 3. The van der Waals surface area contributed by atoms with Crippen molar-refractivity contribution in [3.63, 3.8) is 0 Å².